The molecule has 25 heavy (non-hydrogen) atoms. The van der Waals surface area contributed by atoms with Crippen molar-refractivity contribution < 1.29 is 22.3 Å². The standard InChI is InChI=1S/C16H13ClFNO4S2/c17-12-7-11(1-2-13(12)18)25(21,22)19-8-14(20)16-4-3-15(23-16)10-5-6-24-9-10/h1-7,9,14,19-20H,8H2/t14-/m1/s1. The van der Waals surface area contributed by atoms with Crippen molar-refractivity contribution in [2.24, 2.45) is 0 Å². The Kier molecular flexibility index (Phi) is 5.26. The lowest BCUT2D eigenvalue weighted by Crippen LogP contribution is -2.28. The summed E-state index contributed by atoms with van der Waals surface area (Å²) in [4.78, 5) is -0.190. The van der Waals surface area contributed by atoms with Gasteiger partial charge < -0.3 is 9.52 Å². The van der Waals surface area contributed by atoms with Gasteiger partial charge in [-0.1, -0.05) is 11.6 Å². The normalized spacial score (nSPS) is 13.1. The highest BCUT2D eigenvalue weighted by Crippen LogP contribution is 2.27. The smallest absolute Gasteiger partial charge is 0.240 e. The second-order valence-electron chi connectivity index (χ2n) is 5.16. The van der Waals surface area contributed by atoms with Crippen LogP contribution < -0.4 is 4.72 Å². The third-order valence-electron chi connectivity index (χ3n) is 3.43. The van der Waals surface area contributed by atoms with Crippen molar-refractivity contribution in [2.45, 2.75) is 11.0 Å². The van der Waals surface area contributed by atoms with Gasteiger partial charge in [0, 0.05) is 17.5 Å². The maximum Gasteiger partial charge on any atom is 0.240 e. The van der Waals surface area contributed by atoms with E-state index in [4.69, 9.17) is 16.0 Å². The number of sulfonamides is 1. The number of benzene rings is 1. The van der Waals surface area contributed by atoms with E-state index in [9.17, 15) is 17.9 Å². The molecule has 0 radical (unpaired) electrons. The van der Waals surface area contributed by atoms with Crippen LogP contribution in [0.2, 0.25) is 5.02 Å². The van der Waals surface area contributed by atoms with Crippen LogP contribution in [0.1, 0.15) is 11.9 Å². The van der Waals surface area contributed by atoms with Gasteiger partial charge in [-0.25, -0.2) is 17.5 Å². The summed E-state index contributed by atoms with van der Waals surface area (Å²) in [5.74, 6) is 0.113. The van der Waals surface area contributed by atoms with Gasteiger partial charge in [-0.2, -0.15) is 11.3 Å². The fraction of sp³-hybridized carbons (Fsp3) is 0.125. The second-order valence-corrected chi connectivity index (χ2v) is 8.11. The molecular weight excluding hydrogens is 389 g/mol. The molecule has 2 heterocycles. The highest BCUT2D eigenvalue weighted by atomic mass is 35.5. The number of furan rings is 1. The Morgan fingerprint density at radius 2 is 2.08 bits per heavy atom. The van der Waals surface area contributed by atoms with Crippen LogP contribution in [0.5, 0.6) is 0 Å². The van der Waals surface area contributed by atoms with E-state index in [0.29, 0.717) is 5.76 Å². The first kappa shape index (κ1) is 18.1. The zero-order valence-corrected chi connectivity index (χ0v) is 15.0. The molecule has 0 saturated carbocycles. The molecule has 0 saturated heterocycles. The predicted octanol–water partition coefficient (Wildman–Crippen LogP) is 3.81. The topological polar surface area (TPSA) is 79.5 Å². The molecular formula is C16H13ClFNO4S2. The largest absolute Gasteiger partial charge is 0.458 e. The molecule has 0 aliphatic rings. The number of aliphatic hydroxyl groups excluding tert-OH is 1. The van der Waals surface area contributed by atoms with E-state index in [-0.39, 0.29) is 22.2 Å². The minimum atomic E-state index is -3.94. The lowest BCUT2D eigenvalue weighted by atomic mass is 10.2. The molecule has 2 aromatic heterocycles. The molecule has 3 rings (SSSR count). The van der Waals surface area contributed by atoms with Crippen LogP contribution in [0.15, 0.2) is 56.5 Å². The molecule has 1 atom stereocenters. The van der Waals surface area contributed by atoms with Crippen molar-refractivity contribution in [1.29, 1.82) is 0 Å². The fourth-order valence-electron chi connectivity index (χ4n) is 2.11. The first-order chi connectivity index (χ1) is 11.9. The van der Waals surface area contributed by atoms with Gasteiger partial charge in [0.15, 0.2) is 0 Å². The maximum atomic E-state index is 13.1. The SMILES string of the molecule is O=S(=O)(NC[C@@H](O)c1ccc(-c2ccsc2)o1)c1ccc(F)c(Cl)c1. The average Bonchev–Trinajstić information content (AvgIpc) is 3.26. The molecule has 1 aromatic carbocycles. The lowest BCUT2D eigenvalue weighted by Gasteiger charge is -2.11. The van der Waals surface area contributed by atoms with E-state index >= 15 is 0 Å². The average molecular weight is 402 g/mol. The van der Waals surface area contributed by atoms with E-state index < -0.39 is 21.9 Å². The Labute approximate surface area is 152 Å². The number of thiophene rings is 1. The van der Waals surface area contributed by atoms with E-state index in [1.165, 1.54) is 11.3 Å². The van der Waals surface area contributed by atoms with Crippen molar-refractivity contribution in [3.05, 3.63) is 63.8 Å². The first-order valence-electron chi connectivity index (χ1n) is 7.12. The molecule has 132 valence electrons. The van der Waals surface area contributed by atoms with Crippen LogP contribution in [0.3, 0.4) is 0 Å². The van der Waals surface area contributed by atoms with Gasteiger partial charge in [0.1, 0.15) is 23.4 Å². The molecule has 0 fully saturated rings. The monoisotopic (exact) mass is 401 g/mol. The number of rotatable bonds is 6. The summed E-state index contributed by atoms with van der Waals surface area (Å²) in [7, 11) is -3.94. The Morgan fingerprint density at radius 1 is 1.28 bits per heavy atom. The minimum Gasteiger partial charge on any atom is -0.458 e. The molecule has 0 bridgehead atoms. The van der Waals surface area contributed by atoms with Crippen molar-refractivity contribution in [1.82, 2.24) is 4.72 Å². The molecule has 5 nitrogen and oxygen atoms in total. The van der Waals surface area contributed by atoms with Gasteiger partial charge in [0.2, 0.25) is 10.0 Å². The first-order valence-corrected chi connectivity index (χ1v) is 9.92. The highest BCUT2D eigenvalue weighted by molar-refractivity contribution is 7.89. The molecule has 0 amide bonds. The van der Waals surface area contributed by atoms with Crippen LogP contribution in [-0.2, 0) is 10.0 Å². The molecule has 0 unspecified atom stereocenters. The van der Waals surface area contributed by atoms with Gasteiger partial charge in [-0.05, 0) is 41.8 Å². The summed E-state index contributed by atoms with van der Waals surface area (Å²) in [5, 5.41) is 13.6. The number of hydrogen-bond acceptors (Lipinski definition) is 5. The quantitative estimate of drug-likeness (QED) is 0.658. The summed E-state index contributed by atoms with van der Waals surface area (Å²) >= 11 is 7.11. The molecule has 3 aromatic rings. The van der Waals surface area contributed by atoms with E-state index in [0.717, 1.165) is 23.8 Å². The number of nitrogens with one attached hydrogen (secondary N) is 1. The van der Waals surface area contributed by atoms with Gasteiger partial charge in [0.25, 0.3) is 0 Å². The molecule has 0 spiro atoms. The zero-order chi connectivity index (χ0) is 18.0. The van der Waals surface area contributed by atoms with Crippen molar-refractivity contribution in [3.8, 4) is 11.3 Å². The molecule has 9 heteroatoms. The Hall–Kier alpha value is -1.71. The second kappa shape index (κ2) is 7.27. The summed E-state index contributed by atoms with van der Waals surface area (Å²) in [6.07, 6.45) is -1.17. The lowest BCUT2D eigenvalue weighted by molar-refractivity contribution is 0.155. The van der Waals surface area contributed by atoms with Crippen LogP contribution in [0.25, 0.3) is 11.3 Å². The number of hydrogen-bond donors (Lipinski definition) is 2. The zero-order valence-electron chi connectivity index (χ0n) is 12.6. The van der Waals surface area contributed by atoms with Crippen LogP contribution >= 0.6 is 22.9 Å². The van der Waals surface area contributed by atoms with Gasteiger partial charge in [-0.3, -0.25) is 0 Å². The number of halogens is 2. The third kappa shape index (κ3) is 4.10. The van der Waals surface area contributed by atoms with E-state index in [2.05, 4.69) is 4.72 Å². The van der Waals surface area contributed by atoms with Crippen molar-refractivity contribution in [2.75, 3.05) is 6.54 Å². The van der Waals surface area contributed by atoms with E-state index in [1.807, 2.05) is 16.8 Å². The van der Waals surface area contributed by atoms with Gasteiger partial charge in [-0.15, -0.1) is 0 Å². The number of aliphatic hydroxyl groups is 1. The van der Waals surface area contributed by atoms with Crippen molar-refractivity contribution in [3.63, 3.8) is 0 Å². The Morgan fingerprint density at radius 3 is 2.76 bits per heavy atom. The van der Waals surface area contributed by atoms with Crippen LogP contribution in [0.4, 0.5) is 4.39 Å². The molecule has 0 aliphatic carbocycles. The molecule has 2 N–H and O–H groups in total. The summed E-state index contributed by atoms with van der Waals surface area (Å²) in [6.45, 7) is -0.298. The molecule has 0 aliphatic heterocycles. The fourth-order valence-corrected chi connectivity index (χ4v) is 4.06. The highest BCUT2D eigenvalue weighted by Gasteiger charge is 2.20. The van der Waals surface area contributed by atoms with Crippen LogP contribution in [0, 0.1) is 5.82 Å². The Balaban J connectivity index is 1.69. The minimum absolute atomic E-state index is 0.190. The summed E-state index contributed by atoms with van der Waals surface area (Å²) in [5.41, 5.74) is 0.880. The van der Waals surface area contributed by atoms with Crippen molar-refractivity contribution >= 4 is 33.0 Å². The van der Waals surface area contributed by atoms with Gasteiger partial charge in [0.05, 0.1) is 9.92 Å². The third-order valence-corrected chi connectivity index (χ3v) is 5.82. The Bertz CT molecular complexity index is 970. The van der Waals surface area contributed by atoms with Crippen LogP contribution in [-0.4, -0.2) is 20.1 Å². The summed E-state index contributed by atoms with van der Waals surface area (Å²) in [6, 6.07) is 8.23. The maximum absolute atomic E-state index is 13.1. The van der Waals surface area contributed by atoms with Gasteiger partial charge >= 0.3 is 0 Å². The predicted molar refractivity (Wildman–Crippen MR) is 93.6 cm³/mol. The van der Waals surface area contributed by atoms with E-state index in [1.54, 1.807) is 12.1 Å². The summed E-state index contributed by atoms with van der Waals surface area (Å²) < 4.78 is 45.3.